The van der Waals surface area contributed by atoms with Crippen LogP contribution in [-0.2, 0) is 0 Å². The second-order valence-electron chi connectivity index (χ2n) is 6.33. The van der Waals surface area contributed by atoms with Crippen molar-refractivity contribution < 1.29 is 8.78 Å². The van der Waals surface area contributed by atoms with Crippen molar-refractivity contribution >= 4 is 65.6 Å². The maximum atomic E-state index is 14.4. The summed E-state index contributed by atoms with van der Waals surface area (Å²) in [5, 5.41) is 3.63. The van der Waals surface area contributed by atoms with Crippen molar-refractivity contribution in [1.82, 2.24) is 5.32 Å². The number of hydrogen-bond acceptors (Lipinski definition) is 3. The van der Waals surface area contributed by atoms with Crippen LogP contribution in [0.4, 0.5) is 8.78 Å². The first kappa shape index (κ1) is 22.1. The first-order valence-corrected chi connectivity index (χ1v) is 9.56. The topological polar surface area (TPSA) is 12.0 Å². The van der Waals surface area contributed by atoms with Gasteiger partial charge >= 0.3 is 0 Å². The van der Waals surface area contributed by atoms with Gasteiger partial charge in [-0.25, -0.2) is 8.78 Å². The predicted octanol–water partition coefficient (Wildman–Crippen LogP) is 1.98. The summed E-state index contributed by atoms with van der Waals surface area (Å²) >= 11 is 5.95. The lowest BCUT2D eigenvalue weighted by molar-refractivity contribution is 0.477. The largest absolute Gasteiger partial charge is 0.297 e. The van der Waals surface area contributed by atoms with E-state index in [1.54, 1.807) is 0 Å². The molecule has 0 spiro atoms. The standard InChI is InChI=1S/C16H22B2F2NPS2/c1-7(2)9(5)16(23,21-8(3)4)6-24-15-13(20)10(17)12(19)11(18)14(15)22/h7-8,21,23H,5-6,22H2,1-4H3. The average molecular weight is 383 g/mol. The van der Waals surface area contributed by atoms with Crippen LogP contribution in [0.5, 0.6) is 0 Å². The van der Waals surface area contributed by atoms with Crippen LogP contribution in [0.25, 0.3) is 0 Å². The minimum Gasteiger partial charge on any atom is -0.297 e. The summed E-state index contributed by atoms with van der Waals surface area (Å²) in [7, 11) is 13.4. The average Bonchev–Trinajstić information content (AvgIpc) is 2.49. The maximum absolute atomic E-state index is 14.4. The summed E-state index contributed by atoms with van der Waals surface area (Å²) in [4.78, 5) is -0.508. The summed E-state index contributed by atoms with van der Waals surface area (Å²) in [5.74, 6) is -1.15. The van der Waals surface area contributed by atoms with Gasteiger partial charge in [-0.2, -0.15) is 12.6 Å². The highest BCUT2D eigenvalue weighted by Gasteiger charge is 2.32. The summed E-state index contributed by atoms with van der Waals surface area (Å²) < 4.78 is 28.1. The quantitative estimate of drug-likeness (QED) is 0.187. The molecular weight excluding hydrogens is 361 g/mol. The number of benzene rings is 1. The Balaban J connectivity index is 3.19. The Labute approximate surface area is 158 Å². The van der Waals surface area contributed by atoms with E-state index in [0.29, 0.717) is 5.75 Å². The lowest BCUT2D eigenvalue weighted by atomic mass is 9.86. The van der Waals surface area contributed by atoms with Crippen LogP contribution in [-0.4, -0.2) is 32.4 Å². The Morgan fingerprint density at radius 1 is 1.25 bits per heavy atom. The highest BCUT2D eigenvalue weighted by molar-refractivity contribution is 8.00. The molecule has 2 unspecified atom stereocenters. The lowest BCUT2D eigenvalue weighted by Crippen LogP contribution is -2.48. The van der Waals surface area contributed by atoms with Crippen molar-refractivity contribution in [3.63, 3.8) is 0 Å². The molecule has 1 rings (SSSR count). The molecule has 0 bridgehead atoms. The second-order valence-corrected chi connectivity index (χ2v) is 8.65. The number of thiol groups is 1. The third-order valence-corrected chi connectivity index (χ3v) is 6.49. The van der Waals surface area contributed by atoms with Crippen molar-refractivity contribution in [3.8, 4) is 0 Å². The normalized spacial score (nSPS) is 14.2. The Hall–Kier alpha value is 0.0399. The monoisotopic (exact) mass is 383 g/mol. The Morgan fingerprint density at radius 3 is 2.25 bits per heavy atom. The molecular formula is C16H22B2F2NPS2. The Morgan fingerprint density at radius 2 is 1.79 bits per heavy atom. The summed E-state index contributed by atoms with van der Waals surface area (Å²) in [6.45, 7) is 12.2. The van der Waals surface area contributed by atoms with E-state index in [1.165, 1.54) is 11.8 Å². The van der Waals surface area contributed by atoms with E-state index in [2.05, 4.69) is 21.1 Å². The fraction of sp³-hybridized carbons (Fsp3) is 0.500. The molecule has 0 amide bonds. The third kappa shape index (κ3) is 4.81. The van der Waals surface area contributed by atoms with Crippen LogP contribution in [0.2, 0.25) is 0 Å². The maximum Gasteiger partial charge on any atom is 0.133 e. The van der Waals surface area contributed by atoms with Crippen LogP contribution in [0.1, 0.15) is 27.7 Å². The Kier molecular flexibility index (Phi) is 7.93. The van der Waals surface area contributed by atoms with Gasteiger partial charge in [0.05, 0.1) is 4.87 Å². The molecule has 0 aliphatic heterocycles. The predicted molar refractivity (Wildman–Crippen MR) is 111 cm³/mol. The van der Waals surface area contributed by atoms with E-state index in [4.69, 9.17) is 28.3 Å². The molecule has 2 atom stereocenters. The molecule has 0 saturated carbocycles. The minimum atomic E-state index is -0.925. The fourth-order valence-corrected chi connectivity index (χ4v) is 4.56. The summed E-state index contributed by atoms with van der Waals surface area (Å²) in [6.07, 6.45) is 0. The first-order chi connectivity index (χ1) is 10.9. The molecule has 8 heteroatoms. The van der Waals surface area contributed by atoms with Crippen LogP contribution in [0.15, 0.2) is 17.0 Å². The SMILES string of the molecule is [B]c1c(F)c([B])c(P)c(SCC(S)(NC(C)C)C(=C)C(C)C)c1F. The van der Waals surface area contributed by atoms with E-state index in [9.17, 15) is 8.78 Å². The van der Waals surface area contributed by atoms with Gasteiger partial charge in [-0.05, 0) is 36.1 Å². The van der Waals surface area contributed by atoms with Gasteiger partial charge in [-0.3, -0.25) is 5.32 Å². The molecule has 1 aromatic rings. The van der Waals surface area contributed by atoms with Gasteiger partial charge in [0.25, 0.3) is 0 Å². The minimum absolute atomic E-state index is 0.155. The number of hydrogen-bond donors (Lipinski definition) is 2. The van der Waals surface area contributed by atoms with Crippen molar-refractivity contribution in [2.24, 2.45) is 5.92 Å². The molecule has 128 valence electrons. The van der Waals surface area contributed by atoms with Crippen molar-refractivity contribution in [2.75, 3.05) is 5.75 Å². The van der Waals surface area contributed by atoms with Crippen LogP contribution in [0, 0.1) is 17.6 Å². The van der Waals surface area contributed by atoms with Crippen LogP contribution in [0.3, 0.4) is 0 Å². The molecule has 24 heavy (non-hydrogen) atoms. The fourth-order valence-electron chi connectivity index (χ4n) is 2.22. The molecule has 1 N–H and O–H groups in total. The highest BCUT2D eigenvalue weighted by Crippen LogP contribution is 2.34. The highest BCUT2D eigenvalue weighted by atomic mass is 32.2. The lowest BCUT2D eigenvalue weighted by Gasteiger charge is -2.36. The number of nitrogens with one attached hydrogen (secondary N) is 1. The second kappa shape index (κ2) is 8.62. The van der Waals surface area contributed by atoms with Gasteiger partial charge in [0.1, 0.15) is 27.3 Å². The van der Waals surface area contributed by atoms with Gasteiger partial charge in [-0.1, -0.05) is 25.9 Å². The third-order valence-electron chi connectivity index (χ3n) is 3.62. The van der Waals surface area contributed by atoms with Gasteiger partial charge < -0.3 is 0 Å². The van der Waals surface area contributed by atoms with Gasteiger partial charge in [0, 0.05) is 16.7 Å². The van der Waals surface area contributed by atoms with Crippen molar-refractivity contribution in [2.45, 2.75) is 43.5 Å². The summed E-state index contributed by atoms with van der Waals surface area (Å²) in [5.41, 5.74) is 0.164. The van der Waals surface area contributed by atoms with Gasteiger partial charge in [0.15, 0.2) is 0 Å². The smallest absolute Gasteiger partial charge is 0.133 e. The van der Waals surface area contributed by atoms with Crippen LogP contribution >= 0.6 is 33.6 Å². The van der Waals surface area contributed by atoms with Crippen molar-refractivity contribution in [3.05, 3.63) is 23.8 Å². The molecule has 0 aromatic heterocycles. The van der Waals surface area contributed by atoms with E-state index >= 15 is 0 Å². The zero-order valence-corrected chi connectivity index (χ0v) is 17.3. The Bertz CT molecular complexity index is 612. The number of thioether (sulfide) groups is 1. The summed E-state index contributed by atoms with van der Waals surface area (Å²) in [6, 6.07) is 0.155. The molecule has 0 fully saturated rings. The van der Waals surface area contributed by atoms with Crippen LogP contribution < -0.4 is 21.5 Å². The molecule has 4 radical (unpaired) electrons. The molecule has 0 aliphatic carbocycles. The zero-order valence-electron chi connectivity index (χ0n) is 14.4. The molecule has 0 saturated heterocycles. The zero-order chi connectivity index (χ0) is 18.8. The van der Waals surface area contributed by atoms with E-state index in [-0.39, 0.29) is 27.6 Å². The van der Waals surface area contributed by atoms with Crippen molar-refractivity contribution in [1.29, 1.82) is 0 Å². The van der Waals surface area contributed by atoms with Gasteiger partial charge in [0.2, 0.25) is 0 Å². The van der Waals surface area contributed by atoms with E-state index in [0.717, 1.165) is 5.57 Å². The number of rotatable bonds is 7. The van der Waals surface area contributed by atoms with E-state index < -0.39 is 22.0 Å². The first-order valence-electron chi connectivity index (χ1n) is 7.55. The van der Waals surface area contributed by atoms with E-state index in [1.807, 2.05) is 27.7 Å². The molecule has 0 heterocycles. The molecule has 1 nitrogen and oxygen atoms in total. The molecule has 1 aromatic carbocycles. The van der Waals surface area contributed by atoms with Gasteiger partial charge in [-0.15, -0.1) is 21.0 Å². The number of halogens is 2. The molecule has 0 aliphatic rings.